The molecule has 0 aliphatic rings. The minimum atomic E-state index is -0.396. The van der Waals surface area contributed by atoms with Gasteiger partial charge in [0.25, 0.3) is 5.91 Å². The summed E-state index contributed by atoms with van der Waals surface area (Å²) in [5, 5.41) is 15.2. The van der Waals surface area contributed by atoms with Gasteiger partial charge in [-0.2, -0.15) is 5.26 Å². The second-order valence-corrected chi connectivity index (χ2v) is 6.59. The molecule has 1 heterocycles. The molecule has 5 nitrogen and oxygen atoms in total. The molecule has 124 valence electrons. The molecule has 0 radical (unpaired) electrons. The van der Waals surface area contributed by atoms with Crippen molar-refractivity contribution in [2.24, 2.45) is 0 Å². The third-order valence-electron chi connectivity index (χ3n) is 3.43. The molecule has 0 fully saturated rings. The van der Waals surface area contributed by atoms with Crippen LogP contribution in [0.5, 0.6) is 0 Å². The molecule has 7 heteroatoms. The van der Waals surface area contributed by atoms with Crippen molar-refractivity contribution >= 4 is 50.5 Å². The molecule has 2 N–H and O–H groups in total. The van der Waals surface area contributed by atoms with E-state index >= 15 is 0 Å². The van der Waals surface area contributed by atoms with E-state index in [0.717, 1.165) is 10.1 Å². The van der Waals surface area contributed by atoms with Gasteiger partial charge < -0.3 is 10.6 Å². The summed E-state index contributed by atoms with van der Waals surface area (Å²) in [6, 6.07) is 16.0. The second kappa shape index (κ2) is 7.34. The van der Waals surface area contributed by atoms with Crippen molar-refractivity contribution in [3.63, 3.8) is 0 Å². The third-order valence-corrected chi connectivity index (χ3v) is 5.10. The molecular formula is C18H12ClN3O2S. The van der Waals surface area contributed by atoms with Crippen LogP contribution in [0.4, 0.5) is 5.69 Å². The number of thiophene rings is 1. The maximum Gasteiger partial charge on any atom is 0.263 e. The Labute approximate surface area is 152 Å². The number of carbonyl (C=O) groups is 2. The van der Waals surface area contributed by atoms with Crippen LogP contribution in [0.25, 0.3) is 10.1 Å². The van der Waals surface area contributed by atoms with E-state index in [1.807, 2.05) is 30.3 Å². The van der Waals surface area contributed by atoms with Gasteiger partial charge in [0.1, 0.15) is 4.88 Å². The van der Waals surface area contributed by atoms with Crippen molar-refractivity contribution in [2.45, 2.75) is 0 Å². The predicted octanol–water partition coefficient (Wildman–Crippen LogP) is 3.79. The lowest BCUT2D eigenvalue weighted by Gasteiger charge is -2.06. The minimum absolute atomic E-state index is 0.194. The number of fused-ring (bicyclic) bond motifs is 1. The molecule has 3 rings (SSSR count). The van der Waals surface area contributed by atoms with Crippen LogP contribution in [0.15, 0.2) is 48.5 Å². The largest absolute Gasteiger partial charge is 0.342 e. The number of nitrogens with zero attached hydrogens (tertiary/aromatic N) is 1. The van der Waals surface area contributed by atoms with Crippen molar-refractivity contribution in [2.75, 3.05) is 11.9 Å². The van der Waals surface area contributed by atoms with Gasteiger partial charge in [0, 0.05) is 15.8 Å². The van der Waals surface area contributed by atoms with Crippen molar-refractivity contribution in [3.05, 3.63) is 64.0 Å². The number of halogens is 1. The lowest BCUT2D eigenvalue weighted by atomic mass is 10.2. The second-order valence-electron chi connectivity index (χ2n) is 5.16. The standard InChI is InChI=1S/C18H12ClN3O2S/c19-16-13-6-1-2-7-14(13)25-17(16)18(24)21-10-15(23)22-12-5-3-4-11(8-12)9-20/h1-8H,10H2,(H,21,24)(H,22,23). The molecule has 0 saturated carbocycles. The van der Waals surface area contributed by atoms with Gasteiger partial charge in [-0.3, -0.25) is 9.59 Å². The number of anilines is 1. The number of benzene rings is 2. The van der Waals surface area contributed by atoms with Gasteiger partial charge in [0.05, 0.1) is 23.2 Å². The normalized spacial score (nSPS) is 10.2. The molecule has 0 aliphatic heterocycles. The number of hydrogen-bond acceptors (Lipinski definition) is 4. The van der Waals surface area contributed by atoms with Crippen molar-refractivity contribution in [1.82, 2.24) is 5.32 Å². The zero-order valence-corrected chi connectivity index (χ0v) is 14.4. The molecule has 0 unspecified atom stereocenters. The zero-order chi connectivity index (χ0) is 17.8. The van der Waals surface area contributed by atoms with Crippen LogP contribution in [0, 0.1) is 11.3 Å². The third kappa shape index (κ3) is 3.79. The Balaban J connectivity index is 1.64. The topological polar surface area (TPSA) is 82.0 Å². The highest BCUT2D eigenvalue weighted by Crippen LogP contribution is 2.34. The molecule has 25 heavy (non-hydrogen) atoms. The molecule has 2 amide bonds. The summed E-state index contributed by atoms with van der Waals surface area (Å²) in [7, 11) is 0. The molecule has 0 saturated heterocycles. The van der Waals surface area contributed by atoms with E-state index < -0.39 is 5.91 Å². The number of carbonyl (C=O) groups excluding carboxylic acids is 2. The number of rotatable bonds is 4. The van der Waals surface area contributed by atoms with Crippen molar-refractivity contribution < 1.29 is 9.59 Å². The Bertz CT molecular complexity index is 1010. The van der Waals surface area contributed by atoms with E-state index in [4.69, 9.17) is 16.9 Å². The van der Waals surface area contributed by atoms with E-state index in [-0.39, 0.29) is 12.5 Å². The Morgan fingerprint density at radius 1 is 1.16 bits per heavy atom. The molecule has 0 aliphatic carbocycles. The first-order valence-corrected chi connectivity index (χ1v) is 8.53. The van der Waals surface area contributed by atoms with Crippen LogP contribution in [0.1, 0.15) is 15.2 Å². The molecular weight excluding hydrogens is 358 g/mol. The number of nitriles is 1. The first kappa shape index (κ1) is 17.0. The van der Waals surface area contributed by atoms with Crippen LogP contribution in [0.3, 0.4) is 0 Å². The lowest BCUT2D eigenvalue weighted by molar-refractivity contribution is -0.115. The average molecular weight is 370 g/mol. The van der Waals surface area contributed by atoms with Crippen LogP contribution >= 0.6 is 22.9 Å². The van der Waals surface area contributed by atoms with Gasteiger partial charge in [-0.15, -0.1) is 11.3 Å². The van der Waals surface area contributed by atoms with E-state index in [2.05, 4.69) is 10.6 Å². The van der Waals surface area contributed by atoms with E-state index in [1.165, 1.54) is 11.3 Å². The van der Waals surface area contributed by atoms with Crippen molar-refractivity contribution in [1.29, 1.82) is 5.26 Å². The van der Waals surface area contributed by atoms with Crippen LogP contribution in [-0.2, 0) is 4.79 Å². The summed E-state index contributed by atoms with van der Waals surface area (Å²) in [5.41, 5.74) is 0.942. The Morgan fingerprint density at radius 2 is 1.96 bits per heavy atom. The quantitative estimate of drug-likeness (QED) is 0.733. The number of hydrogen-bond donors (Lipinski definition) is 2. The fraction of sp³-hybridized carbons (Fsp3) is 0.0556. The molecule has 0 atom stereocenters. The lowest BCUT2D eigenvalue weighted by Crippen LogP contribution is -2.32. The maximum absolute atomic E-state index is 12.3. The first-order valence-electron chi connectivity index (χ1n) is 7.33. The first-order chi connectivity index (χ1) is 12.1. The minimum Gasteiger partial charge on any atom is -0.342 e. The maximum atomic E-state index is 12.3. The number of nitrogens with one attached hydrogen (secondary N) is 2. The van der Waals surface area contributed by atoms with Crippen molar-refractivity contribution in [3.8, 4) is 6.07 Å². The smallest absolute Gasteiger partial charge is 0.263 e. The number of amides is 2. The Hall–Kier alpha value is -2.88. The highest BCUT2D eigenvalue weighted by atomic mass is 35.5. The Morgan fingerprint density at radius 3 is 2.72 bits per heavy atom. The predicted molar refractivity (Wildman–Crippen MR) is 99.0 cm³/mol. The van der Waals surface area contributed by atoms with Gasteiger partial charge in [-0.05, 0) is 24.3 Å². The SMILES string of the molecule is N#Cc1cccc(NC(=O)CNC(=O)c2sc3ccccc3c2Cl)c1. The highest BCUT2D eigenvalue weighted by Gasteiger charge is 2.17. The van der Waals surface area contributed by atoms with Gasteiger partial charge >= 0.3 is 0 Å². The van der Waals surface area contributed by atoms with Crippen LogP contribution in [0.2, 0.25) is 5.02 Å². The fourth-order valence-corrected chi connectivity index (χ4v) is 3.71. The van der Waals surface area contributed by atoms with Crippen LogP contribution < -0.4 is 10.6 Å². The Kier molecular flexibility index (Phi) is 4.98. The molecule has 1 aromatic heterocycles. The fourth-order valence-electron chi connectivity index (χ4n) is 2.27. The van der Waals surface area contributed by atoms with Gasteiger partial charge in [-0.1, -0.05) is 35.9 Å². The summed E-state index contributed by atoms with van der Waals surface area (Å²) in [4.78, 5) is 24.6. The molecule has 3 aromatic rings. The van der Waals surface area contributed by atoms with Crippen LogP contribution in [-0.4, -0.2) is 18.4 Å². The van der Waals surface area contributed by atoms with Gasteiger partial charge in [0.2, 0.25) is 5.91 Å². The summed E-state index contributed by atoms with van der Waals surface area (Å²) in [5.74, 6) is -0.784. The van der Waals surface area contributed by atoms with Gasteiger partial charge in [-0.25, -0.2) is 0 Å². The summed E-state index contributed by atoms with van der Waals surface area (Å²) < 4.78 is 0.912. The van der Waals surface area contributed by atoms with E-state index in [9.17, 15) is 9.59 Å². The highest BCUT2D eigenvalue weighted by molar-refractivity contribution is 7.21. The zero-order valence-electron chi connectivity index (χ0n) is 12.9. The van der Waals surface area contributed by atoms with E-state index in [0.29, 0.717) is 21.2 Å². The molecule has 0 bridgehead atoms. The molecule has 0 spiro atoms. The van der Waals surface area contributed by atoms with E-state index in [1.54, 1.807) is 24.3 Å². The van der Waals surface area contributed by atoms with Gasteiger partial charge in [0.15, 0.2) is 0 Å². The summed E-state index contributed by atoms with van der Waals surface area (Å²) in [6.07, 6.45) is 0. The molecule has 2 aromatic carbocycles. The summed E-state index contributed by atoms with van der Waals surface area (Å²) >= 11 is 7.53. The monoisotopic (exact) mass is 369 g/mol. The summed E-state index contributed by atoms with van der Waals surface area (Å²) in [6.45, 7) is -0.194. The average Bonchev–Trinajstić information content (AvgIpc) is 2.97.